The van der Waals surface area contributed by atoms with Crippen molar-refractivity contribution in [3.05, 3.63) is 0 Å². The van der Waals surface area contributed by atoms with Gasteiger partial charge in [-0.15, -0.1) is 0 Å². The topological polar surface area (TPSA) is 95.9 Å². The standard InChI is InChI=1S/C3H10NO4P/c4-9(7)8-2-3(6)1-5/h3,5-7H,1-2,4H2. The zero-order valence-electron chi connectivity index (χ0n) is 4.77. The summed E-state index contributed by atoms with van der Waals surface area (Å²) in [6.45, 7) is -0.515. The lowest BCUT2D eigenvalue weighted by Gasteiger charge is -2.07. The molecule has 0 aliphatic heterocycles. The van der Waals surface area contributed by atoms with Gasteiger partial charge in [-0.3, -0.25) is 5.50 Å². The SMILES string of the molecule is NP(O)OCC(O)CO. The van der Waals surface area contributed by atoms with Crippen molar-refractivity contribution in [1.29, 1.82) is 0 Å². The summed E-state index contributed by atoms with van der Waals surface area (Å²) in [7, 11) is -1.91. The molecule has 0 aliphatic rings. The van der Waals surface area contributed by atoms with E-state index in [1.165, 1.54) is 0 Å². The van der Waals surface area contributed by atoms with E-state index in [1.807, 2.05) is 0 Å². The minimum absolute atomic E-state index is 0.130. The van der Waals surface area contributed by atoms with Gasteiger partial charge in [0.05, 0.1) is 13.2 Å². The number of rotatable bonds is 4. The molecular weight excluding hydrogens is 145 g/mol. The minimum atomic E-state index is -1.91. The van der Waals surface area contributed by atoms with Gasteiger partial charge in [-0.05, 0) is 0 Å². The maximum absolute atomic E-state index is 8.58. The molecule has 0 aliphatic carbocycles. The summed E-state index contributed by atoms with van der Waals surface area (Å²) in [5.74, 6) is 0. The first-order valence-electron chi connectivity index (χ1n) is 2.32. The third-order valence-electron chi connectivity index (χ3n) is 0.610. The Bertz CT molecular complexity index is 70.8. The highest BCUT2D eigenvalue weighted by molar-refractivity contribution is 7.43. The Morgan fingerprint density at radius 1 is 1.67 bits per heavy atom. The van der Waals surface area contributed by atoms with Crippen molar-refractivity contribution in [1.82, 2.24) is 0 Å². The normalized spacial score (nSPS) is 17.3. The van der Waals surface area contributed by atoms with Crippen molar-refractivity contribution in [2.45, 2.75) is 6.10 Å². The van der Waals surface area contributed by atoms with Crippen molar-refractivity contribution >= 4 is 8.53 Å². The number of aliphatic hydroxyl groups excluding tert-OH is 2. The molecule has 2 atom stereocenters. The van der Waals surface area contributed by atoms with Crippen LogP contribution in [0, 0.1) is 0 Å². The van der Waals surface area contributed by atoms with E-state index in [1.54, 1.807) is 0 Å². The first-order chi connectivity index (χ1) is 4.16. The number of nitrogens with two attached hydrogens (primary N) is 1. The van der Waals surface area contributed by atoms with Gasteiger partial charge in [-0.2, -0.15) is 0 Å². The fourth-order valence-electron chi connectivity index (χ4n) is 0.215. The average molecular weight is 155 g/mol. The number of hydrogen-bond donors (Lipinski definition) is 4. The summed E-state index contributed by atoms with van der Waals surface area (Å²) in [6.07, 6.45) is -0.953. The summed E-state index contributed by atoms with van der Waals surface area (Å²) >= 11 is 0. The quantitative estimate of drug-likeness (QED) is 0.372. The van der Waals surface area contributed by atoms with Gasteiger partial charge in [0.2, 0.25) is 8.53 Å². The monoisotopic (exact) mass is 155 g/mol. The van der Waals surface area contributed by atoms with Crippen LogP contribution in [0.1, 0.15) is 0 Å². The van der Waals surface area contributed by atoms with Crippen molar-refractivity contribution < 1.29 is 19.6 Å². The third kappa shape index (κ3) is 6.11. The molecule has 6 heteroatoms. The molecule has 0 spiro atoms. The van der Waals surface area contributed by atoms with Crippen molar-refractivity contribution in [3.8, 4) is 0 Å². The Labute approximate surface area is 54.0 Å². The third-order valence-corrected chi connectivity index (χ3v) is 1.02. The summed E-state index contributed by atoms with van der Waals surface area (Å²) in [5, 5.41) is 16.8. The summed E-state index contributed by atoms with van der Waals surface area (Å²) in [5.41, 5.74) is 4.80. The highest BCUT2D eigenvalue weighted by Gasteiger charge is 2.03. The summed E-state index contributed by atoms with van der Waals surface area (Å²) in [4.78, 5) is 8.32. The van der Waals surface area contributed by atoms with E-state index in [2.05, 4.69) is 4.52 Å². The molecule has 5 N–H and O–H groups in total. The van der Waals surface area contributed by atoms with E-state index in [9.17, 15) is 0 Å². The molecule has 9 heavy (non-hydrogen) atoms. The van der Waals surface area contributed by atoms with Gasteiger partial charge >= 0.3 is 0 Å². The summed E-state index contributed by atoms with van der Waals surface area (Å²) < 4.78 is 4.38. The Hall–Kier alpha value is 0.230. The van der Waals surface area contributed by atoms with Crippen molar-refractivity contribution in [2.75, 3.05) is 13.2 Å². The van der Waals surface area contributed by atoms with E-state index in [4.69, 9.17) is 20.6 Å². The van der Waals surface area contributed by atoms with E-state index in [0.717, 1.165) is 0 Å². The number of hydrogen-bond acceptors (Lipinski definition) is 5. The van der Waals surface area contributed by atoms with Gasteiger partial charge in [0.25, 0.3) is 0 Å². The van der Waals surface area contributed by atoms with Crippen molar-refractivity contribution in [2.24, 2.45) is 5.50 Å². The van der Waals surface area contributed by atoms with E-state index in [0.29, 0.717) is 0 Å². The second-order valence-electron chi connectivity index (χ2n) is 1.43. The molecule has 2 unspecified atom stereocenters. The highest BCUT2D eigenvalue weighted by atomic mass is 31.2. The van der Waals surface area contributed by atoms with Gasteiger partial charge in [0.1, 0.15) is 6.10 Å². The molecule has 0 bridgehead atoms. The fourth-order valence-corrected chi connectivity index (χ4v) is 0.540. The molecule has 0 heterocycles. The Morgan fingerprint density at radius 2 is 2.22 bits per heavy atom. The highest BCUT2D eigenvalue weighted by Crippen LogP contribution is 2.18. The fraction of sp³-hybridized carbons (Fsp3) is 1.00. The molecule has 0 aromatic rings. The van der Waals surface area contributed by atoms with E-state index < -0.39 is 14.6 Å². The van der Waals surface area contributed by atoms with Crippen LogP contribution in [0.25, 0.3) is 0 Å². The molecule has 0 amide bonds. The Morgan fingerprint density at radius 3 is 2.56 bits per heavy atom. The molecule has 5 nitrogen and oxygen atoms in total. The van der Waals surface area contributed by atoms with E-state index in [-0.39, 0.29) is 13.2 Å². The Kier molecular flexibility index (Phi) is 5.18. The van der Waals surface area contributed by atoms with Gasteiger partial charge < -0.3 is 19.6 Å². The van der Waals surface area contributed by atoms with Gasteiger partial charge in [-0.25, -0.2) is 0 Å². The molecule has 0 radical (unpaired) electrons. The average Bonchev–Trinajstić information content (AvgIpc) is 1.83. The number of aliphatic hydroxyl groups is 2. The van der Waals surface area contributed by atoms with Crippen LogP contribution in [-0.2, 0) is 4.52 Å². The van der Waals surface area contributed by atoms with Crippen LogP contribution in [0.15, 0.2) is 0 Å². The zero-order chi connectivity index (χ0) is 7.28. The van der Waals surface area contributed by atoms with Gasteiger partial charge in [-0.1, -0.05) is 0 Å². The van der Waals surface area contributed by atoms with Crippen LogP contribution >= 0.6 is 8.53 Å². The van der Waals surface area contributed by atoms with Crippen LogP contribution in [0.2, 0.25) is 0 Å². The van der Waals surface area contributed by atoms with Crippen molar-refractivity contribution in [3.63, 3.8) is 0 Å². The lowest BCUT2D eigenvalue weighted by atomic mass is 10.4. The lowest BCUT2D eigenvalue weighted by Crippen LogP contribution is -2.18. The molecule has 0 fully saturated rings. The first-order valence-corrected chi connectivity index (χ1v) is 3.60. The maximum Gasteiger partial charge on any atom is 0.250 e. The molecule has 0 saturated carbocycles. The molecular formula is C3H10NO4P. The molecule has 0 saturated heterocycles. The zero-order valence-corrected chi connectivity index (χ0v) is 5.66. The predicted molar refractivity (Wildman–Crippen MR) is 32.4 cm³/mol. The van der Waals surface area contributed by atoms with Crippen LogP contribution in [0.5, 0.6) is 0 Å². The van der Waals surface area contributed by atoms with Crippen LogP contribution in [0.4, 0.5) is 0 Å². The molecule has 0 aromatic heterocycles. The predicted octanol–water partition coefficient (Wildman–Crippen LogP) is -1.47. The smallest absolute Gasteiger partial charge is 0.250 e. The summed E-state index contributed by atoms with van der Waals surface area (Å²) in [6, 6.07) is 0. The van der Waals surface area contributed by atoms with Gasteiger partial charge in [0, 0.05) is 0 Å². The van der Waals surface area contributed by atoms with Gasteiger partial charge in [0.15, 0.2) is 0 Å². The van der Waals surface area contributed by atoms with E-state index >= 15 is 0 Å². The first kappa shape index (κ1) is 9.23. The molecule has 56 valence electrons. The largest absolute Gasteiger partial charge is 0.394 e. The second-order valence-corrected chi connectivity index (χ2v) is 2.30. The maximum atomic E-state index is 8.58. The van der Waals surface area contributed by atoms with Crippen LogP contribution in [0.3, 0.4) is 0 Å². The minimum Gasteiger partial charge on any atom is -0.394 e. The van der Waals surface area contributed by atoms with Crippen LogP contribution < -0.4 is 5.50 Å². The lowest BCUT2D eigenvalue weighted by molar-refractivity contribution is 0.0542. The Balaban J connectivity index is 3.06. The molecule has 0 rings (SSSR count). The van der Waals surface area contributed by atoms with Crippen LogP contribution in [-0.4, -0.2) is 34.4 Å². The second kappa shape index (κ2) is 5.05. The molecule has 0 aromatic carbocycles.